The standard InChI is InChI=1S/C14H14N2O/c1-3-11-5-4-6-12(7-11)14(17)13-9-15-10(2)8-16-13/h4-9H,3H2,1-2H3. The molecular formula is C14H14N2O. The maximum absolute atomic E-state index is 12.1. The molecule has 86 valence electrons. The predicted molar refractivity (Wildman–Crippen MR) is 66.0 cm³/mol. The minimum Gasteiger partial charge on any atom is -0.287 e. The van der Waals surface area contributed by atoms with Crippen molar-refractivity contribution in [3.05, 3.63) is 59.2 Å². The first-order chi connectivity index (χ1) is 8.20. The number of aromatic nitrogens is 2. The van der Waals surface area contributed by atoms with Gasteiger partial charge in [0.15, 0.2) is 0 Å². The average Bonchev–Trinajstić information content (AvgIpc) is 2.39. The zero-order chi connectivity index (χ0) is 12.3. The molecule has 3 nitrogen and oxygen atoms in total. The van der Waals surface area contributed by atoms with Crippen molar-refractivity contribution < 1.29 is 4.79 Å². The fourth-order valence-electron chi connectivity index (χ4n) is 1.59. The van der Waals surface area contributed by atoms with Crippen LogP contribution in [-0.2, 0) is 6.42 Å². The SMILES string of the molecule is CCc1cccc(C(=O)c2cnc(C)cn2)c1. The second-order valence-electron chi connectivity index (χ2n) is 3.93. The number of nitrogens with zero attached hydrogens (tertiary/aromatic N) is 2. The van der Waals surface area contributed by atoms with E-state index in [4.69, 9.17) is 0 Å². The maximum Gasteiger partial charge on any atom is 0.212 e. The van der Waals surface area contributed by atoms with Crippen molar-refractivity contribution in [3.63, 3.8) is 0 Å². The van der Waals surface area contributed by atoms with E-state index in [0.717, 1.165) is 17.7 Å². The van der Waals surface area contributed by atoms with Gasteiger partial charge in [0.1, 0.15) is 5.69 Å². The van der Waals surface area contributed by atoms with Crippen LogP contribution in [0.1, 0.15) is 34.2 Å². The molecule has 0 aliphatic carbocycles. The molecule has 0 amide bonds. The summed E-state index contributed by atoms with van der Waals surface area (Å²) in [5, 5.41) is 0. The third-order valence-corrected chi connectivity index (χ3v) is 2.61. The van der Waals surface area contributed by atoms with Gasteiger partial charge >= 0.3 is 0 Å². The Bertz CT molecular complexity index is 532. The third kappa shape index (κ3) is 2.56. The highest BCUT2D eigenvalue weighted by atomic mass is 16.1. The van der Waals surface area contributed by atoms with Crippen LogP contribution >= 0.6 is 0 Å². The molecule has 0 radical (unpaired) electrons. The van der Waals surface area contributed by atoms with Crippen molar-refractivity contribution in [1.82, 2.24) is 9.97 Å². The Labute approximate surface area is 101 Å². The molecule has 1 heterocycles. The fraction of sp³-hybridized carbons (Fsp3) is 0.214. The lowest BCUT2D eigenvalue weighted by molar-refractivity contribution is 0.103. The van der Waals surface area contributed by atoms with Gasteiger partial charge in [-0.15, -0.1) is 0 Å². The Morgan fingerprint density at radius 2 is 2.06 bits per heavy atom. The van der Waals surface area contributed by atoms with Gasteiger partial charge in [0, 0.05) is 11.8 Å². The molecule has 2 rings (SSSR count). The van der Waals surface area contributed by atoms with E-state index < -0.39 is 0 Å². The van der Waals surface area contributed by atoms with Gasteiger partial charge in [0.25, 0.3) is 0 Å². The summed E-state index contributed by atoms with van der Waals surface area (Å²) in [6.07, 6.45) is 4.05. The summed E-state index contributed by atoms with van der Waals surface area (Å²) >= 11 is 0. The molecule has 17 heavy (non-hydrogen) atoms. The topological polar surface area (TPSA) is 42.9 Å². The van der Waals surface area contributed by atoms with Crippen LogP contribution in [0.5, 0.6) is 0 Å². The molecule has 3 heteroatoms. The second kappa shape index (κ2) is 4.87. The van der Waals surface area contributed by atoms with Gasteiger partial charge in [-0.2, -0.15) is 0 Å². The van der Waals surface area contributed by atoms with Crippen LogP contribution in [0.25, 0.3) is 0 Å². The van der Waals surface area contributed by atoms with Gasteiger partial charge in [0.2, 0.25) is 5.78 Å². The first-order valence-corrected chi connectivity index (χ1v) is 5.63. The summed E-state index contributed by atoms with van der Waals surface area (Å²) in [6, 6.07) is 7.62. The van der Waals surface area contributed by atoms with Gasteiger partial charge in [-0.25, -0.2) is 4.98 Å². The van der Waals surface area contributed by atoms with Crippen molar-refractivity contribution in [2.75, 3.05) is 0 Å². The van der Waals surface area contributed by atoms with Gasteiger partial charge < -0.3 is 0 Å². The Hall–Kier alpha value is -2.03. The number of rotatable bonds is 3. The van der Waals surface area contributed by atoms with Crippen LogP contribution in [0.3, 0.4) is 0 Å². The monoisotopic (exact) mass is 226 g/mol. The quantitative estimate of drug-likeness (QED) is 0.755. The van der Waals surface area contributed by atoms with Gasteiger partial charge in [-0.05, 0) is 25.0 Å². The lowest BCUT2D eigenvalue weighted by Crippen LogP contribution is -2.05. The summed E-state index contributed by atoms with van der Waals surface area (Å²) in [4.78, 5) is 20.3. The molecule has 0 saturated heterocycles. The molecule has 1 aromatic carbocycles. The normalized spacial score (nSPS) is 10.2. The van der Waals surface area contributed by atoms with Crippen molar-refractivity contribution in [2.45, 2.75) is 20.3 Å². The highest BCUT2D eigenvalue weighted by Crippen LogP contribution is 2.10. The molecule has 0 saturated carbocycles. The van der Waals surface area contributed by atoms with Crippen molar-refractivity contribution >= 4 is 5.78 Å². The van der Waals surface area contributed by atoms with Crippen LogP contribution in [0.15, 0.2) is 36.7 Å². The van der Waals surface area contributed by atoms with Crippen molar-refractivity contribution in [2.24, 2.45) is 0 Å². The van der Waals surface area contributed by atoms with E-state index in [1.165, 1.54) is 6.20 Å². The molecule has 2 aromatic rings. The highest BCUT2D eigenvalue weighted by Gasteiger charge is 2.10. The number of hydrogen-bond acceptors (Lipinski definition) is 3. The van der Waals surface area contributed by atoms with Crippen molar-refractivity contribution in [3.8, 4) is 0 Å². The Kier molecular flexibility index (Phi) is 3.28. The molecule has 0 unspecified atom stereocenters. The van der Waals surface area contributed by atoms with E-state index in [1.54, 1.807) is 6.20 Å². The first kappa shape index (κ1) is 11.5. The molecule has 0 spiro atoms. The zero-order valence-electron chi connectivity index (χ0n) is 9.97. The first-order valence-electron chi connectivity index (χ1n) is 5.63. The van der Waals surface area contributed by atoms with Gasteiger partial charge in [-0.3, -0.25) is 9.78 Å². The Morgan fingerprint density at radius 3 is 2.71 bits per heavy atom. The molecule has 0 aliphatic rings. The fourth-order valence-corrected chi connectivity index (χ4v) is 1.59. The number of hydrogen-bond donors (Lipinski definition) is 0. The molecule has 0 aliphatic heterocycles. The zero-order valence-corrected chi connectivity index (χ0v) is 9.97. The van der Waals surface area contributed by atoms with Crippen LogP contribution in [0.2, 0.25) is 0 Å². The minimum absolute atomic E-state index is 0.0761. The van der Waals surface area contributed by atoms with E-state index in [-0.39, 0.29) is 5.78 Å². The van der Waals surface area contributed by atoms with E-state index in [2.05, 4.69) is 16.9 Å². The van der Waals surface area contributed by atoms with Gasteiger partial charge in [-0.1, -0.05) is 25.1 Å². The van der Waals surface area contributed by atoms with Crippen LogP contribution in [0, 0.1) is 6.92 Å². The Balaban J connectivity index is 2.33. The summed E-state index contributed by atoms with van der Waals surface area (Å²) in [6.45, 7) is 3.91. The largest absolute Gasteiger partial charge is 0.287 e. The average molecular weight is 226 g/mol. The lowest BCUT2D eigenvalue weighted by Gasteiger charge is -2.02. The van der Waals surface area contributed by atoms with E-state index in [9.17, 15) is 4.79 Å². The summed E-state index contributed by atoms with van der Waals surface area (Å²) in [5.41, 5.74) is 3.02. The number of aryl methyl sites for hydroxylation is 2. The minimum atomic E-state index is -0.0761. The number of carbonyl (C=O) groups is 1. The van der Waals surface area contributed by atoms with E-state index >= 15 is 0 Å². The number of carbonyl (C=O) groups excluding carboxylic acids is 1. The summed E-state index contributed by atoms with van der Waals surface area (Å²) in [7, 11) is 0. The molecule has 0 N–H and O–H groups in total. The van der Waals surface area contributed by atoms with E-state index in [1.807, 2.05) is 31.2 Å². The molecule has 0 bridgehead atoms. The molecule has 0 fully saturated rings. The smallest absolute Gasteiger partial charge is 0.212 e. The predicted octanol–water partition coefficient (Wildman–Crippen LogP) is 2.58. The summed E-state index contributed by atoms with van der Waals surface area (Å²) in [5.74, 6) is -0.0761. The van der Waals surface area contributed by atoms with Gasteiger partial charge in [0.05, 0.1) is 11.9 Å². The summed E-state index contributed by atoms with van der Waals surface area (Å²) < 4.78 is 0. The highest BCUT2D eigenvalue weighted by molar-refractivity contribution is 6.07. The molecule has 0 atom stereocenters. The van der Waals surface area contributed by atoms with Crippen molar-refractivity contribution in [1.29, 1.82) is 0 Å². The molecule has 1 aromatic heterocycles. The second-order valence-corrected chi connectivity index (χ2v) is 3.93. The maximum atomic E-state index is 12.1. The lowest BCUT2D eigenvalue weighted by atomic mass is 10.0. The number of benzene rings is 1. The molecular weight excluding hydrogens is 212 g/mol. The van der Waals surface area contributed by atoms with Crippen LogP contribution in [0.4, 0.5) is 0 Å². The van der Waals surface area contributed by atoms with E-state index in [0.29, 0.717) is 11.3 Å². The number of ketones is 1. The van der Waals surface area contributed by atoms with Crippen LogP contribution in [-0.4, -0.2) is 15.8 Å². The Morgan fingerprint density at radius 1 is 1.24 bits per heavy atom. The third-order valence-electron chi connectivity index (χ3n) is 2.61. The van der Waals surface area contributed by atoms with Crippen LogP contribution < -0.4 is 0 Å².